The lowest BCUT2D eigenvalue weighted by atomic mass is 10.1. The molecule has 3 rings (SSSR count). The van der Waals surface area contributed by atoms with Gasteiger partial charge in [0.05, 0.1) is 6.54 Å². The number of aryl methyl sites for hydroxylation is 2. The van der Waals surface area contributed by atoms with E-state index in [9.17, 15) is 9.59 Å². The van der Waals surface area contributed by atoms with Gasteiger partial charge in [-0.15, -0.1) is 0 Å². The number of hydrogen-bond acceptors (Lipinski definition) is 2. The van der Waals surface area contributed by atoms with Crippen LogP contribution in [0.4, 0.5) is 0 Å². The van der Waals surface area contributed by atoms with Crippen LogP contribution >= 0.6 is 0 Å². The first kappa shape index (κ1) is 18.0. The number of nitrogens with one attached hydrogen (secondary N) is 1. The van der Waals surface area contributed by atoms with Crippen LogP contribution in [-0.2, 0) is 0 Å². The lowest BCUT2D eigenvalue weighted by Gasteiger charge is -2.27. The maximum absolute atomic E-state index is 13.2. The number of aromatic amines is 1. The summed E-state index contributed by atoms with van der Waals surface area (Å²) in [7, 11) is 0. The molecule has 0 spiro atoms. The third-order valence-corrected chi connectivity index (χ3v) is 4.86. The van der Waals surface area contributed by atoms with Gasteiger partial charge in [-0.2, -0.15) is 0 Å². The quantitative estimate of drug-likeness (QED) is 0.864. The maximum Gasteiger partial charge on any atom is 0.261 e. The first-order valence-corrected chi connectivity index (χ1v) is 9.11. The number of amides is 1. The molecule has 26 heavy (non-hydrogen) atoms. The first-order chi connectivity index (χ1) is 12.6. The molecule has 1 heterocycles. The molecule has 1 aromatic heterocycles. The average Bonchev–Trinajstić information content (AvgIpc) is 3.13. The summed E-state index contributed by atoms with van der Waals surface area (Å²) in [6.07, 6.45) is 4.18. The minimum atomic E-state index is -0.313. The van der Waals surface area contributed by atoms with E-state index in [1.54, 1.807) is 4.90 Å². The first-order valence-electron chi connectivity index (χ1n) is 9.11. The van der Waals surface area contributed by atoms with Gasteiger partial charge in [0.1, 0.15) is 5.56 Å². The zero-order valence-electron chi connectivity index (χ0n) is 15.3. The van der Waals surface area contributed by atoms with Crippen LogP contribution in [0, 0.1) is 25.7 Å². The fourth-order valence-electron chi connectivity index (χ4n) is 3.59. The molecule has 1 N–H and O–H groups in total. The van der Waals surface area contributed by atoms with E-state index in [-0.39, 0.29) is 23.1 Å². The summed E-state index contributed by atoms with van der Waals surface area (Å²) in [5.41, 5.74) is 2.34. The highest BCUT2D eigenvalue weighted by Gasteiger charge is 2.29. The second-order valence-corrected chi connectivity index (χ2v) is 6.88. The molecule has 4 heteroatoms. The van der Waals surface area contributed by atoms with E-state index < -0.39 is 0 Å². The van der Waals surface area contributed by atoms with Crippen LogP contribution in [0.25, 0.3) is 0 Å². The van der Waals surface area contributed by atoms with E-state index in [2.05, 4.69) is 16.8 Å². The number of H-pyrrole nitrogens is 1. The van der Waals surface area contributed by atoms with Crippen LogP contribution in [-0.4, -0.2) is 28.4 Å². The van der Waals surface area contributed by atoms with Gasteiger partial charge >= 0.3 is 0 Å². The van der Waals surface area contributed by atoms with Crippen molar-refractivity contribution in [3.63, 3.8) is 0 Å². The number of pyridine rings is 1. The van der Waals surface area contributed by atoms with E-state index in [0.717, 1.165) is 42.5 Å². The van der Waals surface area contributed by atoms with Crippen LogP contribution in [0.15, 0.2) is 41.2 Å². The molecule has 0 atom stereocenters. The zero-order valence-corrected chi connectivity index (χ0v) is 15.3. The van der Waals surface area contributed by atoms with Crippen molar-refractivity contribution in [1.29, 1.82) is 0 Å². The van der Waals surface area contributed by atoms with Gasteiger partial charge in [0, 0.05) is 17.3 Å². The number of carbonyl (C=O) groups is 1. The number of benzene rings is 1. The van der Waals surface area contributed by atoms with Crippen LogP contribution in [0.1, 0.15) is 52.9 Å². The van der Waals surface area contributed by atoms with Crippen molar-refractivity contribution in [3.8, 4) is 11.8 Å². The third kappa shape index (κ3) is 4.05. The monoisotopic (exact) mass is 348 g/mol. The van der Waals surface area contributed by atoms with E-state index in [0.29, 0.717) is 6.54 Å². The molecule has 0 unspecified atom stereocenters. The number of aromatic nitrogens is 1. The van der Waals surface area contributed by atoms with Crippen molar-refractivity contribution < 1.29 is 4.79 Å². The van der Waals surface area contributed by atoms with Crippen molar-refractivity contribution in [2.45, 2.75) is 45.6 Å². The summed E-state index contributed by atoms with van der Waals surface area (Å²) >= 11 is 0. The number of carbonyl (C=O) groups excluding carboxylic acids is 1. The lowest BCUT2D eigenvalue weighted by Crippen LogP contribution is -2.42. The average molecular weight is 348 g/mol. The Bertz CT molecular complexity index is 897. The molecule has 0 saturated heterocycles. The zero-order chi connectivity index (χ0) is 18.5. The van der Waals surface area contributed by atoms with Gasteiger partial charge in [0.2, 0.25) is 0 Å². The molecule has 4 nitrogen and oxygen atoms in total. The summed E-state index contributed by atoms with van der Waals surface area (Å²) in [6.45, 7) is 3.98. The van der Waals surface area contributed by atoms with Crippen molar-refractivity contribution >= 4 is 5.91 Å². The number of nitrogens with zero attached hydrogens (tertiary/aromatic N) is 1. The van der Waals surface area contributed by atoms with Crippen LogP contribution in [0.5, 0.6) is 0 Å². The SMILES string of the molecule is Cc1cc(C)c(C(=O)N(CC#Cc2ccccc2)C2CCCC2)c(=O)[nH]1. The summed E-state index contributed by atoms with van der Waals surface area (Å²) < 4.78 is 0. The summed E-state index contributed by atoms with van der Waals surface area (Å²) in [5.74, 6) is 6.03. The molecule has 0 radical (unpaired) electrons. The van der Waals surface area contributed by atoms with Crippen molar-refractivity contribution in [2.24, 2.45) is 0 Å². The Morgan fingerprint density at radius 3 is 2.54 bits per heavy atom. The van der Waals surface area contributed by atoms with Crippen LogP contribution in [0.2, 0.25) is 0 Å². The second kappa shape index (κ2) is 8.05. The van der Waals surface area contributed by atoms with E-state index >= 15 is 0 Å². The van der Waals surface area contributed by atoms with Gasteiger partial charge < -0.3 is 9.88 Å². The second-order valence-electron chi connectivity index (χ2n) is 6.88. The Morgan fingerprint density at radius 2 is 1.88 bits per heavy atom. The van der Waals surface area contributed by atoms with Crippen LogP contribution in [0.3, 0.4) is 0 Å². The Morgan fingerprint density at radius 1 is 1.19 bits per heavy atom. The minimum absolute atomic E-state index is 0.160. The lowest BCUT2D eigenvalue weighted by molar-refractivity contribution is 0.0708. The van der Waals surface area contributed by atoms with Gasteiger partial charge in [0.25, 0.3) is 11.5 Å². The fourth-order valence-corrected chi connectivity index (χ4v) is 3.59. The topological polar surface area (TPSA) is 53.2 Å². The fraction of sp³-hybridized carbons (Fsp3) is 0.364. The Balaban J connectivity index is 1.88. The van der Waals surface area contributed by atoms with Crippen molar-refractivity contribution in [3.05, 3.63) is 69.1 Å². The molecule has 0 aliphatic heterocycles. The van der Waals surface area contributed by atoms with Gasteiger partial charge in [-0.3, -0.25) is 9.59 Å². The Kier molecular flexibility index (Phi) is 5.58. The maximum atomic E-state index is 13.2. The van der Waals surface area contributed by atoms with E-state index in [4.69, 9.17) is 0 Å². The van der Waals surface area contributed by atoms with Gasteiger partial charge in [-0.25, -0.2) is 0 Å². The standard InChI is InChI=1S/C22H24N2O2/c1-16-15-17(2)23-21(25)20(16)22(26)24(19-12-6-7-13-19)14-8-11-18-9-4-3-5-10-18/h3-5,9-10,15,19H,6-7,12-14H2,1-2H3,(H,23,25). The van der Waals surface area contributed by atoms with Crippen molar-refractivity contribution in [1.82, 2.24) is 9.88 Å². The van der Waals surface area contributed by atoms with Crippen molar-refractivity contribution in [2.75, 3.05) is 6.54 Å². The van der Waals surface area contributed by atoms with Gasteiger partial charge in [0.15, 0.2) is 0 Å². The molecule has 134 valence electrons. The van der Waals surface area contributed by atoms with Gasteiger partial charge in [-0.1, -0.05) is 42.9 Å². The summed E-state index contributed by atoms with van der Waals surface area (Å²) in [5, 5.41) is 0. The smallest absolute Gasteiger partial charge is 0.261 e. The normalized spacial score (nSPS) is 13.9. The number of rotatable bonds is 3. The molecule has 1 aromatic carbocycles. The highest BCUT2D eigenvalue weighted by atomic mass is 16.2. The summed E-state index contributed by atoms with van der Waals surface area (Å²) in [6, 6.07) is 11.7. The minimum Gasteiger partial charge on any atom is -0.326 e. The number of hydrogen-bond donors (Lipinski definition) is 1. The molecule has 2 aromatic rings. The largest absolute Gasteiger partial charge is 0.326 e. The third-order valence-electron chi connectivity index (χ3n) is 4.86. The van der Waals surface area contributed by atoms with E-state index in [1.807, 2.05) is 50.2 Å². The molecule has 1 amide bonds. The predicted octanol–water partition coefficient (Wildman–Crippen LogP) is 3.43. The molecular weight excluding hydrogens is 324 g/mol. The molecule has 0 bridgehead atoms. The molecule has 1 aliphatic rings. The van der Waals surface area contributed by atoms with Gasteiger partial charge in [-0.05, 0) is 50.5 Å². The predicted molar refractivity (Wildman–Crippen MR) is 103 cm³/mol. The molecule has 1 fully saturated rings. The summed E-state index contributed by atoms with van der Waals surface area (Å²) in [4.78, 5) is 30.1. The molecule has 1 saturated carbocycles. The van der Waals surface area contributed by atoms with Crippen LogP contribution < -0.4 is 5.56 Å². The molecular formula is C22H24N2O2. The Hall–Kier alpha value is -2.80. The van der Waals surface area contributed by atoms with E-state index in [1.165, 1.54) is 0 Å². The Labute approximate surface area is 154 Å². The highest BCUT2D eigenvalue weighted by molar-refractivity contribution is 5.95. The molecule has 1 aliphatic carbocycles. The highest BCUT2D eigenvalue weighted by Crippen LogP contribution is 2.24.